The molecule has 0 radical (unpaired) electrons. The number of amides is 1. The molecular weight excluding hydrogens is 260 g/mol. The molecule has 0 saturated carbocycles. The Hall–Kier alpha value is -2.57. The molecule has 1 amide bonds. The van der Waals surface area contributed by atoms with Crippen LogP contribution in [0.3, 0.4) is 0 Å². The molecule has 2 aromatic rings. The minimum absolute atomic E-state index is 0.197. The minimum atomic E-state index is -0.197. The molecular formula is C13H14N4O3. The van der Waals surface area contributed by atoms with Crippen molar-refractivity contribution in [2.75, 3.05) is 13.2 Å². The van der Waals surface area contributed by atoms with Gasteiger partial charge in [0.25, 0.3) is 5.91 Å². The summed E-state index contributed by atoms with van der Waals surface area (Å²) in [6, 6.07) is 5.16. The molecule has 1 aliphatic heterocycles. The first-order valence-corrected chi connectivity index (χ1v) is 6.35. The summed E-state index contributed by atoms with van der Waals surface area (Å²) in [5.41, 5.74) is 0.522. The van der Waals surface area contributed by atoms with Gasteiger partial charge < -0.3 is 14.8 Å². The minimum Gasteiger partial charge on any atom is -0.490 e. The number of nitrogens with one attached hydrogen (secondary N) is 2. The van der Waals surface area contributed by atoms with Gasteiger partial charge in [0, 0.05) is 12.0 Å². The summed E-state index contributed by atoms with van der Waals surface area (Å²) in [5.74, 6) is 1.69. The highest BCUT2D eigenvalue weighted by Crippen LogP contribution is 2.30. The monoisotopic (exact) mass is 274 g/mol. The summed E-state index contributed by atoms with van der Waals surface area (Å²) in [5, 5.41) is 9.15. The van der Waals surface area contributed by atoms with E-state index in [1.165, 1.54) is 6.33 Å². The molecule has 0 unspecified atom stereocenters. The lowest BCUT2D eigenvalue weighted by atomic mass is 10.2. The second kappa shape index (κ2) is 5.60. The molecule has 0 aliphatic carbocycles. The van der Waals surface area contributed by atoms with Crippen molar-refractivity contribution in [3.63, 3.8) is 0 Å². The lowest BCUT2D eigenvalue weighted by molar-refractivity contribution is 0.0949. The van der Waals surface area contributed by atoms with E-state index in [2.05, 4.69) is 20.5 Å². The first kappa shape index (κ1) is 12.5. The van der Waals surface area contributed by atoms with Gasteiger partial charge in [0.1, 0.15) is 12.2 Å². The van der Waals surface area contributed by atoms with E-state index < -0.39 is 0 Å². The van der Waals surface area contributed by atoms with Crippen LogP contribution in [-0.2, 0) is 6.54 Å². The highest BCUT2D eigenvalue weighted by atomic mass is 16.5. The predicted molar refractivity (Wildman–Crippen MR) is 69.6 cm³/mol. The van der Waals surface area contributed by atoms with E-state index in [1.807, 2.05) is 0 Å². The van der Waals surface area contributed by atoms with Crippen LogP contribution in [0.1, 0.15) is 22.6 Å². The van der Waals surface area contributed by atoms with Crippen LogP contribution in [0.4, 0.5) is 0 Å². The zero-order chi connectivity index (χ0) is 13.8. The van der Waals surface area contributed by atoms with Crippen LogP contribution < -0.4 is 14.8 Å². The lowest BCUT2D eigenvalue weighted by Crippen LogP contribution is -2.23. The number of benzene rings is 1. The van der Waals surface area contributed by atoms with Gasteiger partial charge in [0.2, 0.25) is 0 Å². The van der Waals surface area contributed by atoms with Gasteiger partial charge in [-0.2, -0.15) is 5.10 Å². The third kappa shape index (κ3) is 2.71. The lowest BCUT2D eigenvalue weighted by Gasteiger charge is -2.09. The summed E-state index contributed by atoms with van der Waals surface area (Å²) in [6.45, 7) is 1.52. The van der Waals surface area contributed by atoms with Crippen molar-refractivity contribution >= 4 is 5.91 Å². The number of hydrogen-bond donors (Lipinski definition) is 2. The summed E-state index contributed by atoms with van der Waals surface area (Å²) in [6.07, 6.45) is 2.23. The molecule has 0 fully saturated rings. The van der Waals surface area contributed by atoms with Gasteiger partial charge in [-0.25, -0.2) is 4.98 Å². The number of nitrogens with zero attached hydrogens (tertiary/aromatic N) is 2. The predicted octanol–water partition coefficient (Wildman–Crippen LogP) is 0.896. The van der Waals surface area contributed by atoms with Gasteiger partial charge in [-0.1, -0.05) is 0 Å². The quantitative estimate of drug-likeness (QED) is 0.868. The number of rotatable bonds is 3. The Kier molecular flexibility index (Phi) is 3.49. The van der Waals surface area contributed by atoms with Crippen molar-refractivity contribution in [2.24, 2.45) is 0 Å². The van der Waals surface area contributed by atoms with Crippen molar-refractivity contribution in [2.45, 2.75) is 13.0 Å². The van der Waals surface area contributed by atoms with Crippen molar-refractivity contribution in [1.29, 1.82) is 0 Å². The fraction of sp³-hybridized carbons (Fsp3) is 0.308. The van der Waals surface area contributed by atoms with Crippen LogP contribution in [-0.4, -0.2) is 34.3 Å². The van der Waals surface area contributed by atoms with Gasteiger partial charge in [-0.05, 0) is 18.2 Å². The van der Waals surface area contributed by atoms with Gasteiger partial charge in [-0.15, -0.1) is 0 Å². The maximum Gasteiger partial charge on any atom is 0.251 e. The topological polar surface area (TPSA) is 89.1 Å². The van der Waals surface area contributed by atoms with Crippen LogP contribution in [0, 0.1) is 0 Å². The number of carbonyl (C=O) groups excluding carboxylic acids is 1. The van der Waals surface area contributed by atoms with Gasteiger partial charge in [0.15, 0.2) is 11.5 Å². The van der Waals surface area contributed by atoms with Crippen molar-refractivity contribution in [1.82, 2.24) is 20.5 Å². The number of ether oxygens (including phenoxy) is 2. The molecule has 1 aromatic carbocycles. The number of hydrogen-bond acceptors (Lipinski definition) is 5. The Balaban J connectivity index is 1.70. The molecule has 104 valence electrons. The van der Waals surface area contributed by atoms with Crippen molar-refractivity contribution in [3.8, 4) is 11.5 Å². The molecule has 7 heteroatoms. The normalized spacial score (nSPS) is 13.6. The Morgan fingerprint density at radius 3 is 2.95 bits per heavy atom. The molecule has 20 heavy (non-hydrogen) atoms. The van der Waals surface area contributed by atoms with E-state index in [0.717, 1.165) is 6.42 Å². The van der Waals surface area contributed by atoms with Gasteiger partial charge >= 0.3 is 0 Å². The molecule has 1 aromatic heterocycles. The highest BCUT2D eigenvalue weighted by Gasteiger charge is 2.14. The Morgan fingerprint density at radius 1 is 1.30 bits per heavy atom. The summed E-state index contributed by atoms with van der Waals surface area (Å²) >= 11 is 0. The first-order chi connectivity index (χ1) is 9.83. The number of aromatic amines is 1. The fourth-order valence-corrected chi connectivity index (χ4v) is 1.89. The molecule has 0 atom stereocenters. The molecule has 2 N–H and O–H groups in total. The second-order valence-electron chi connectivity index (χ2n) is 4.33. The number of carbonyl (C=O) groups is 1. The molecule has 7 nitrogen and oxygen atoms in total. The van der Waals surface area contributed by atoms with Crippen LogP contribution in [0.25, 0.3) is 0 Å². The van der Waals surface area contributed by atoms with E-state index in [4.69, 9.17) is 9.47 Å². The van der Waals surface area contributed by atoms with Crippen LogP contribution >= 0.6 is 0 Å². The largest absolute Gasteiger partial charge is 0.490 e. The summed E-state index contributed by atoms with van der Waals surface area (Å²) in [4.78, 5) is 16.0. The average Bonchev–Trinajstić information content (AvgIpc) is 2.88. The number of H-pyrrole nitrogens is 1. The Morgan fingerprint density at radius 2 is 2.15 bits per heavy atom. The molecule has 2 heterocycles. The Bertz CT molecular complexity index is 598. The van der Waals surface area contributed by atoms with E-state index in [9.17, 15) is 4.79 Å². The molecule has 3 rings (SSSR count). The molecule has 0 saturated heterocycles. The number of aromatic nitrogens is 3. The first-order valence-electron chi connectivity index (χ1n) is 6.35. The number of fused-ring (bicyclic) bond motifs is 1. The fourth-order valence-electron chi connectivity index (χ4n) is 1.89. The summed E-state index contributed by atoms with van der Waals surface area (Å²) < 4.78 is 11.1. The molecule has 0 spiro atoms. The van der Waals surface area contributed by atoms with E-state index >= 15 is 0 Å². The third-order valence-electron chi connectivity index (χ3n) is 2.89. The van der Waals surface area contributed by atoms with Gasteiger partial charge in [0.05, 0.1) is 19.8 Å². The Labute approximate surface area is 115 Å². The zero-order valence-corrected chi connectivity index (χ0v) is 10.8. The molecule has 1 aliphatic rings. The maximum atomic E-state index is 12.0. The van der Waals surface area contributed by atoms with Crippen molar-refractivity contribution in [3.05, 3.63) is 35.9 Å². The van der Waals surface area contributed by atoms with E-state index in [0.29, 0.717) is 42.6 Å². The standard InChI is InChI=1S/C13H14N4O3/c18-13(14-7-12-15-8-16-17-12)9-2-3-10-11(6-9)20-5-1-4-19-10/h2-3,6,8H,1,4-5,7H2,(H,14,18)(H,15,16,17). The zero-order valence-electron chi connectivity index (χ0n) is 10.8. The average molecular weight is 274 g/mol. The van der Waals surface area contributed by atoms with Crippen LogP contribution in [0.15, 0.2) is 24.5 Å². The second-order valence-corrected chi connectivity index (χ2v) is 4.33. The third-order valence-corrected chi connectivity index (χ3v) is 2.89. The van der Waals surface area contributed by atoms with E-state index in [1.54, 1.807) is 18.2 Å². The SMILES string of the molecule is O=C(NCc1ncn[nH]1)c1ccc2c(c1)OCCCO2. The highest BCUT2D eigenvalue weighted by molar-refractivity contribution is 5.94. The summed E-state index contributed by atoms with van der Waals surface area (Å²) in [7, 11) is 0. The maximum absolute atomic E-state index is 12.0. The van der Waals surface area contributed by atoms with E-state index in [-0.39, 0.29) is 5.91 Å². The smallest absolute Gasteiger partial charge is 0.251 e. The van der Waals surface area contributed by atoms with Crippen molar-refractivity contribution < 1.29 is 14.3 Å². The van der Waals surface area contributed by atoms with Gasteiger partial charge in [-0.3, -0.25) is 9.89 Å². The van der Waals surface area contributed by atoms with Crippen LogP contribution in [0.5, 0.6) is 11.5 Å². The van der Waals surface area contributed by atoms with Crippen LogP contribution in [0.2, 0.25) is 0 Å². The molecule has 0 bridgehead atoms.